The van der Waals surface area contributed by atoms with E-state index in [9.17, 15) is 4.79 Å². The van der Waals surface area contributed by atoms with E-state index in [4.69, 9.17) is 0 Å². The van der Waals surface area contributed by atoms with Crippen LogP contribution in [0.2, 0.25) is 0 Å². The molecule has 0 bridgehead atoms. The highest BCUT2D eigenvalue weighted by molar-refractivity contribution is 8.00. The molecule has 1 saturated heterocycles. The third-order valence-electron chi connectivity index (χ3n) is 1.62. The van der Waals surface area contributed by atoms with Crippen molar-refractivity contribution < 1.29 is 4.79 Å². The average Bonchev–Trinajstić information content (AvgIpc) is 2.03. The second kappa shape index (κ2) is 4.56. The average molecular weight is 156 g/mol. The number of allylic oxidation sites excluding steroid dienone is 1. The molecule has 1 aliphatic rings. The Hall–Kier alpha value is -0.240. The van der Waals surface area contributed by atoms with Gasteiger partial charge >= 0.3 is 0 Å². The molecule has 1 atom stereocenters. The topological polar surface area (TPSA) is 17.1 Å². The maximum atomic E-state index is 9.95. The molecular formula is C8H12OS. The Morgan fingerprint density at radius 3 is 2.90 bits per heavy atom. The molecule has 0 radical (unpaired) electrons. The summed E-state index contributed by atoms with van der Waals surface area (Å²) in [6.45, 7) is 0. The van der Waals surface area contributed by atoms with Crippen LogP contribution in [0.1, 0.15) is 19.3 Å². The molecule has 56 valence electrons. The van der Waals surface area contributed by atoms with Crippen molar-refractivity contribution in [2.45, 2.75) is 24.5 Å². The summed E-state index contributed by atoms with van der Waals surface area (Å²) in [5.74, 6) is 1.26. The second-order valence-electron chi connectivity index (χ2n) is 2.43. The van der Waals surface area contributed by atoms with Gasteiger partial charge in [0.1, 0.15) is 6.29 Å². The van der Waals surface area contributed by atoms with Gasteiger partial charge < -0.3 is 0 Å². The molecule has 1 unspecified atom stereocenters. The molecule has 0 aromatic heterocycles. The normalized spacial score (nSPS) is 27.0. The van der Waals surface area contributed by atoms with Crippen LogP contribution in [0, 0.1) is 0 Å². The molecule has 1 fully saturated rings. The lowest BCUT2D eigenvalue weighted by Crippen LogP contribution is -2.05. The van der Waals surface area contributed by atoms with E-state index in [1.165, 1.54) is 25.0 Å². The minimum atomic E-state index is 0.610. The smallest absolute Gasteiger partial charge is 0.142 e. The molecule has 1 aliphatic heterocycles. The lowest BCUT2D eigenvalue weighted by atomic mass is 10.2. The molecule has 1 rings (SSSR count). The third kappa shape index (κ3) is 2.56. The van der Waals surface area contributed by atoms with Crippen LogP contribution >= 0.6 is 11.8 Å². The minimum Gasteiger partial charge on any atom is -0.299 e. The summed E-state index contributed by atoms with van der Waals surface area (Å²) in [6.07, 6.45) is 8.39. The van der Waals surface area contributed by atoms with Crippen molar-refractivity contribution in [3.63, 3.8) is 0 Å². The number of carbonyl (C=O) groups excluding carboxylic acids is 1. The van der Waals surface area contributed by atoms with Crippen molar-refractivity contribution in [2.75, 3.05) is 5.75 Å². The van der Waals surface area contributed by atoms with Crippen molar-refractivity contribution in [1.82, 2.24) is 0 Å². The fourth-order valence-electron chi connectivity index (χ4n) is 1.09. The highest BCUT2D eigenvalue weighted by atomic mass is 32.2. The Bertz CT molecular complexity index is 125. The van der Waals surface area contributed by atoms with E-state index in [2.05, 4.69) is 0 Å². The first-order valence-corrected chi connectivity index (χ1v) is 4.72. The first-order valence-electron chi connectivity index (χ1n) is 3.67. The van der Waals surface area contributed by atoms with Gasteiger partial charge in [-0.1, -0.05) is 12.5 Å². The first-order chi connectivity index (χ1) is 4.93. The molecule has 1 heterocycles. The molecule has 0 saturated carbocycles. The molecule has 0 aromatic rings. The Morgan fingerprint density at radius 1 is 1.40 bits per heavy atom. The fourth-order valence-corrected chi connectivity index (χ4v) is 2.30. The summed E-state index contributed by atoms with van der Waals surface area (Å²) in [5.41, 5.74) is 0. The monoisotopic (exact) mass is 156 g/mol. The lowest BCUT2D eigenvalue weighted by Gasteiger charge is -2.16. The zero-order chi connectivity index (χ0) is 7.23. The zero-order valence-corrected chi connectivity index (χ0v) is 6.77. The van der Waals surface area contributed by atoms with Crippen molar-refractivity contribution in [3.8, 4) is 0 Å². The maximum Gasteiger partial charge on any atom is 0.142 e. The van der Waals surface area contributed by atoms with Crippen LogP contribution < -0.4 is 0 Å². The molecule has 0 spiro atoms. The summed E-state index contributed by atoms with van der Waals surface area (Å²) in [5, 5.41) is 0.610. The number of carbonyl (C=O) groups is 1. The predicted molar refractivity (Wildman–Crippen MR) is 45.3 cm³/mol. The molecule has 0 aromatic carbocycles. The molecular weight excluding hydrogens is 144 g/mol. The Labute approximate surface area is 65.9 Å². The van der Waals surface area contributed by atoms with Crippen LogP contribution in [0.4, 0.5) is 0 Å². The molecule has 1 nitrogen and oxygen atoms in total. The maximum absolute atomic E-state index is 9.95. The Balaban J connectivity index is 2.25. The van der Waals surface area contributed by atoms with Crippen LogP contribution in [0.25, 0.3) is 0 Å². The van der Waals surface area contributed by atoms with Crippen LogP contribution in [-0.4, -0.2) is 17.3 Å². The van der Waals surface area contributed by atoms with Gasteiger partial charge in [0.05, 0.1) is 0 Å². The summed E-state index contributed by atoms with van der Waals surface area (Å²) >= 11 is 1.96. The van der Waals surface area contributed by atoms with E-state index in [0.717, 1.165) is 6.29 Å². The van der Waals surface area contributed by atoms with E-state index < -0.39 is 0 Å². The first kappa shape index (κ1) is 7.86. The molecule has 0 N–H and O–H groups in total. The highest BCUT2D eigenvalue weighted by Gasteiger charge is 2.09. The fraction of sp³-hybridized carbons (Fsp3) is 0.625. The van der Waals surface area contributed by atoms with Crippen LogP contribution in [0.15, 0.2) is 12.2 Å². The van der Waals surface area contributed by atoms with E-state index in [1.54, 1.807) is 6.08 Å². The van der Waals surface area contributed by atoms with Crippen molar-refractivity contribution >= 4 is 18.0 Å². The summed E-state index contributed by atoms with van der Waals surface area (Å²) in [7, 11) is 0. The number of rotatable bonds is 2. The minimum absolute atomic E-state index is 0.610. The van der Waals surface area contributed by atoms with Gasteiger partial charge in [-0.15, -0.1) is 0 Å². The largest absolute Gasteiger partial charge is 0.299 e. The van der Waals surface area contributed by atoms with Crippen LogP contribution in [0.5, 0.6) is 0 Å². The van der Waals surface area contributed by atoms with E-state index in [1.807, 2.05) is 17.8 Å². The number of hydrogen-bond acceptors (Lipinski definition) is 2. The standard InChI is InChI=1S/C8H12OS/c9-6-3-5-8-4-1-2-7-10-8/h3,5-6,8H,1-2,4,7H2/b5-3-. The summed E-state index contributed by atoms with van der Waals surface area (Å²) in [6, 6.07) is 0. The Kier molecular flexibility index (Phi) is 3.58. The third-order valence-corrected chi connectivity index (χ3v) is 2.96. The predicted octanol–water partition coefficient (Wildman–Crippen LogP) is 2.03. The van der Waals surface area contributed by atoms with Crippen molar-refractivity contribution in [1.29, 1.82) is 0 Å². The number of thioether (sulfide) groups is 1. The van der Waals surface area contributed by atoms with E-state index >= 15 is 0 Å². The Morgan fingerprint density at radius 2 is 2.30 bits per heavy atom. The van der Waals surface area contributed by atoms with Gasteiger partial charge in [0.2, 0.25) is 0 Å². The molecule has 10 heavy (non-hydrogen) atoms. The van der Waals surface area contributed by atoms with Gasteiger partial charge in [-0.25, -0.2) is 0 Å². The van der Waals surface area contributed by atoms with E-state index in [-0.39, 0.29) is 0 Å². The van der Waals surface area contributed by atoms with Crippen LogP contribution in [-0.2, 0) is 4.79 Å². The zero-order valence-electron chi connectivity index (χ0n) is 5.95. The van der Waals surface area contributed by atoms with Gasteiger partial charge in [0, 0.05) is 5.25 Å². The lowest BCUT2D eigenvalue weighted by molar-refractivity contribution is -0.104. The molecule has 0 amide bonds. The highest BCUT2D eigenvalue weighted by Crippen LogP contribution is 2.25. The SMILES string of the molecule is O=C/C=C\C1CCCCS1. The van der Waals surface area contributed by atoms with Gasteiger partial charge in [0.15, 0.2) is 0 Å². The van der Waals surface area contributed by atoms with Crippen LogP contribution in [0.3, 0.4) is 0 Å². The van der Waals surface area contributed by atoms with Gasteiger partial charge in [-0.05, 0) is 24.7 Å². The van der Waals surface area contributed by atoms with Gasteiger partial charge in [-0.2, -0.15) is 11.8 Å². The summed E-state index contributed by atoms with van der Waals surface area (Å²) < 4.78 is 0. The number of aldehydes is 1. The van der Waals surface area contributed by atoms with Gasteiger partial charge in [0.25, 0.3) is 0 Å². The number of hydrogen-bond donors (Lipinski definition) is 0. The molecule has 2 heteroatoms. The second-order valence-corrected chi connectivity index (χ2v) is 3.77. The van der Waals surface area contributed by atoms with Gasteiger partial charge in [-0.3, -0.25) is 4.79 Å². The summed E-state index contributed by atoms with van der Waals surface area (Å²) in [4.78, 5) is 9.95. The molecule has 0 aliphatic carbocycles. The quantitative estimate of drug-likeness (QED) is 0.449. The van der Waals surface area contributed by atoms with Crippen molar-refractivity contribution in [2.24, 2.45) is 0 Å². The van der Waals surface area contributed by atoms with Crippen molar-refractivity contribution in [3.05, 3.63) is 12.2 Å². The van der Waals surface area contributed by atoms with E-state index in [0.29, 0.717) is 5.25 Å².